The summed E-state index contributed by atoms with van der Waals surface area (Å²) in [4.78, 5) is 12.4. The Labute approximate surface area is 34.2 Å². The van der Waals surface area contributed by atoms with Crippen LogP contribution in [0.2, 0.25) is 0 Å². The van der Waals surface area contributed by atoms with E-state index in [0.717, 1.165) is 0 Å². The number of hydrogen-bond acceptors (Lipinski definition) is 3. The molecule has 0 rings (SSSR count). The molecule has 4 heteroatoms. The lowest BCUT2D eigenvalue weighted by Crippen LogP contribution is -1.99. The zero-order chi connectivity index (χ0) is 4.99. The molecule has 0 saturated heterocycles. The van der Waals surface area contributed by atoms with Crippen LogP contribution in [0.5, 0.6) is 0 Å². The Morgan fingerprint density at radius 2 is 2.50 bits per heavy atom. The molecule has 0 bridgehead atoms. The summed E-state index contributed by atoms with van der Waals surface area (Å²) in [6, 6.07) is 0. The van der Waals surface area contributed by atoms with Gasteiger partial charge in [-0.25, -0.2) is 0 Å². The molecule has 0 aromatic carbocycles. The highest BCUT2D eigenvalue weighted by Gasteiger charge is 2.00. The summed E-state index contributed by atoms with van der Waals surface area (Å²) in [5.41, 5.74) is 0. The van der Waals surface area contributed by atoms with Crippen LogP contribution in [-0.4, -0.2) is 11.4 Å². The number of rotatable bonds is 2. The molecule has 0 aromatic rings. The first-order chi connectivity index (χ1) is 2.77. The van der Waals surface area contributed by atoms with Crippen molar-refractivity contribution in [2.24, 2.45) is 0 Å². The lowest BCUT2D eigenvalue weighted by Gasteiger charge is -1.78. The maximum Gasteiger partial charge on any atom is 0.380 e. The fourth-order valence-electron chi connectivity index (χ4n) is 0.0569. The maximum absolute atomic E-state index is 8.86. The van der Waals surface area contributed by atoms with E-state index in [2.05, 4.69) is 9.63 Å². The van der Waals surface area contributed by atoms with Crippen LogP contribution in [0.25, 0.3) is 0 Å². The minimum Gasteiger partial charge on any atom is -0.352 e. The first-order valence-electron chi connectivity index (χ1n) is 1.40. The molecular weight excluding hydrogens is 88.0 g/mol. The van der Waals surface area contributed by atoms with Gasteiger partial charge >= 0.3 is 11.0 Å². The van der Waals surface area contributed by atoms with Crippen molar-refractivity contribution in [3.05, 3.63) is 9.71 Å². The van der Waals surface area contributed by atoms with Gasteiger partial charge in [-0.15, -0.1) is 0 Å². The van der Waals surface area contributed by atoms with E-state index in [1.165, 1.54) is 6.92 Å². The van der Waals surface area contributed by atoms with Crippen molar-refractivity contribution in [3.8, 4) is 0 Å². The Bertz CT molecular complexity index is 40.8. The Hall–Kier alpha value is -0.640. The first kappa shape index (κ1) is 5.36. The van der Waals surface area contributed by atoms with Crippen LogP contribution < -0.4 is 0 Å². The SMILES string of the molecule is CC(O)O[O+]=O. The van der Waals surface area contributed by atoms with Gasteiger partial charge in [0.15, 0.2) is 0 Å². The summed E-state index contributed by atoms with van der Waals surface area (Å²) in [6.45, 7) is 1.26. The number of hydrogen-bond donors (Lipinski definition) is 1. The topological polar surface area (TPSA) is 57.8 Å². The van der Waals surface area contributed by atoms with E-state index in [1.807, 2.05) is 0 Å². The van der Waals surface area contributed by atoms with Crippen LogP contribution in [-0.2, 0) is 4.89 Å². The third-order valence-corrected chi connectivity index (χ3v) is 0.179. The molecule has 6 heavy (non-hydrogen) atoms. The van der Waals surface area contributed by atoms with E-state index in [9.17, 15) is 0 Å². The highest BCUT2D eigenvalue weighted by Crippen LogP contribution is 1.77. The molecule has 0 saturated carbocycles. The molecule has 0 aliphatic carbocycles. The van der Waals surface area contributed by atoms with Crippen LogP contribution in [0, 0.1) is 9.71 Å². The summed E-state index contributed by atoms with van der Waals surface area (Å²) in [6.07, 6.45) is -1.14. The Morgan fingerprint density at radius 1 is 2.00 bits per heavy atom. The number of aliphatic hydroxyl groups is 1. The van der Waals surface area contributed by atoms with Crippen LogP contribution in [0.3, 0.4) is 0 Å². The molecule has 0 spiro atoms. The largest absolute Gasteiger partial charge is 0.380 e. The highest BCUT2D eigenvalue weighted by molar-refractivity contribution is 4.36. The van der Waals surface area contributed by atoms with Gasteiger partial charge in [0.1, 0.15) is 0 Å². The Morgan fingerprint density at radius 3 is 2.50 bits per heavy atom. The van der Waals surface area contributed by atoms with Gasteiger partial charge in [-0.2, -0.15) is 0 Å². The molecule has 1 N–H and O–H groups in total. The molecule has 1 unspecified atom stereocenters. The van der Waals surface area contributed by atoms with Gasteiger partial charge in [-0.05, 0) is 4.89 Å². The predicted molar refractivity (Wildman–Crippen MR) is 19.5 cm³/mol. The molecular formula is C2H5O4+. The van der Waals surface area contributed by atoms with E-state index in [4.69, 9.17) is 10.1 Å². The smallest absolute Gasteiger partial charge is 0.352 e. The van der Waals surface area contributed by atoms with Crippen LogP contribution >= 0.6 is 0 Å². The van der Waals surface area contributed by atoms with E-state index < -0.39 is 6.29 Å². The van der Waals surface area contributed by atoms with Gasteiger partial charge in [0, 0.05) is 6.92 Å². The van der Waals surface area contributed by atoms with Crippen molar-refractivity contribution in [2.45, 2.75) is 13.2 Å². The molecule has 0 radical (unpaired) electrons. The second kappa shape index (κ2) is 2.59. The molecule has 0 fully saturated rings. The van der Waals surface area contributed by atoms with Crippen LogP contribution in [0.4, 0.5) is 0 Å². The molecule has 36 valence electrons. The second-order valence-electron chi connectivity index (χ2n) is 0.764. The van der Waals surface area contributed by atoms with E-state index in [0.29, 0.717) is 0 Å². The molecule has 0 amide bonds. The summed E-state index contributed by atoms with van der Waals surface area (Å²) < 4.78 is 2.80. The molecule has 4 nitrogen and oxygen atoms in total. The van der Waals surface area contributed by atoms with Crippen molar-refractivity contribution in [3.63, 3.8) is 0 Å². The average Bonchev–Trinajstić information content (AvgIpc) is 1.35. The van der Waals surface area contributed by atoms with Crippen molar-refractivity contribution in [1.82, 2.24) is 0 Å². The van der Waals surface area contributed by atoms with Crippen molar-refractivity contribution in [2.75, 3.05) is 0 Å². The number of aliphatic hydroxyl groups excluding tert-OH is 1. The van der Waals surface area contributed by atoms with Crippen LogP contribution in [0.1, 0.15) is 6.92 Å². The summed E-state index contributed by atoms with van der Waals surface area (Å²) in [5.74, 6) is 0. The van der Waals surface area contributed by atoms with Gasteiger partial charge in [0.2, 0.25) is 0 Å². The monoisotopic (exact) mass is 93.0 g/mol. The third kappa shape index (κ3) is 3.36. The average molecular weight is 93.1 g/mol. The predicted octanol–water partition coefficient (Wildman–Crippen LogP) is -0.127. The minimum atomic E-state index is -1.14. The van der Waals surface area contributed by atoms with Gasteiger partial charge in [0.05, 0.1) is 0 Å². The van der Waals surface area contributed by atoms with Gasteiger partial charge < -0.3 is 5.11 Å². The fraction of sp³-hybridized carbons (Fsp3) is 1.00. The maximum atomic E-state index is 8.86. The summed E-state index contributed by atoms with van der Waals surface area (Å²) in [5, 5.41) is 8.01. The van der Waals surface area contributed by atoms with Crippen molar-refractivity contribution in [1.29, 1.82) is 0 Å². The standard InChI is InChI=1S/C2H5O4/c1-2(3)5-6-4/h2-3H,1H3/q+1. The summed E-state index contributed by atoms with van der Waals surface area (Å²) >= 11 is 0. The minimum absolute atomic E-state index is 1.14. The van der Waals surface area contributed by atoms with Gasteiger partial charge in [-0.3, -0.25) is 0 Å². The lowest BCUT2D eigenvalue weighted by atomic mass is 10.8. The third-order valence-electron chi connectivity index (χ3n) is 0.179. The molecule has 1 atom stereocenters. The Balaban J connectivity index is 2.81. The highest BCUT2D eigenvalue weighted by atomic mass is 17.3. The quantitative estimate of drug-likeness (QED) is 0.224. The second-order valence-corrected chi connectivity index (χ2v) is 0.764. The fourth-order valence-corrected chi connectivity index (χ4v) is 0.0569. The van der Waals surface area contributed by atoms with Gasteiger partial charge in [-0.1, -0.05) is 0 Å². The summed E-state index contributed by atoms with van der Waals surface area (Å²) in [7, 11) is 0. The Kier molecular flexibility index (Phi) is 2.31. The van der Waals surface area contributed by atoms with Crippen molar-refractivity contribution < 1.29 is 9.99 Å². The molecule has 0 aliphatic heterocycles. The van der Waals surface area contributed by atoms with Crippen LogP contribution in [0.15, 0.2) is 0 Å². The zero-order valence-electron chi connectivity index (χ0n) is 3.25. The first-order valence-corrected chi connectivity index (χ1v) is 1.40. The van der Waals surface area contributed by atoms with E-state index >= 15 is 0 Å². The van der Waals surface area contributed by atoms with Crippen molar-refractivity contribution >= 4 is 0 Å². The molecule has 0 aromatic heterocycles. The lowest BCUT2D eigenvalue weighted by molar-refractivity contribution is -0.0394. The van der Waals surface area contributed by atoms with E-state index in [1.54, 1.807) is 0 Å². The molecule has 0 heterocycles. The normalized spacial score (nSPS) is 13.0. The zero-order valence-corrected chi connectivity index (χ0v) is 3.25. The van der Waals surface area contributed by atoms with Gasteiger partial charge in [0.25, 0.3) is 4.96 Å². The van der Waals surface area contributed by atoms with E-state index in [-0.39, 0.29) is 0 Å². The molecule has 0 aliphatic rings.